The van der Waals surface area contributed by atoms with Crippen molar-refractivity contribution in [2.45, 2.75) is 44.8 Å². The van der Waals surface area contributed by atoms with Crippen molar-refractivity contribution in [3.8, 4) is 0 Å². The standard InChI is InChI=1S/C14H28N2O2/c1-2-17-14-5-9-16(10-6-14)11-12-18-13-3-7-15-8-4-13/h13-15H,2-12H2,1H3. The minimum atomic E-state index is 0.493. The zero-order chi connectivity index (χ0) is 12.6. The van der Waals surface area contributed by atoms with E-state index in [1.165, 1.54) is 38.8 Å². The van der Waals surface area contributed by atoms with Crippen molar-refractivity contribution in [1.29, 1.82) is 0 Å². The Kier molecular flexibility index (Phi) is 6.41. The van der Waals surface area contributed by atoms with Crippen molar-refractivity contribution in [2.75, 3.05) is 45.9 Å². The zero-order valence-electron chi connectivity index (χ0n) is 11.7. The molecule has 0 amide bonds. The Hall–Kier alpha value is -0.160. The molecule has 0 saturated carbocycles. The zero-order valence-corrected chi connectivity index (χ0v) is 11.7. The first-order valence-electron chi connectivity index (χ1n) is 7.54. The molecule has 0 bridgehead atoms. The number of hydrogen-bond acceptors (Lipinski definition) is 4. The van der Waals surface area contributed by atoms with Crippen LogP contribution in [0.4, 0.5) is 0 Å². The molecule has 2 fully saturated rings. The molecule has 0 radical (unpaired) electrons. The van der Waals surface area contributed by atoms with Gasteiger partial charge >= 0.3 is 0 Å². The van der Waals surface area contributed by atoms with Crippen LogP contribution in [0.2, 0.25) is 0 Å². The van der Waals surface area contributed by atoms with Gasteiger partial charge in [-0.15, -0.1) is 0 Å². The van der Waals surface area contributed by atoms with E-state index in [1.54, 1.807) is 0 Å². The molecule has 4 heteroatoms. The molecule has 2 saturated heterocycles. The van der Waals surface area contributed by atoms with Crippen molar-refractivity contribution >= 4 is 0 Å². The van der Waals surface area contributed by atoms with Crippen LogP contribution in [0, 0.1) is 0 Å². The second-order valence-electron chi connectivity index (χ2n) is 5.32. The molecule has 0 aliphatic carbocycles. The minimum Gasteiger partial charge on any atom is -0.378 e. The van der Waals surface area contributed by atoms with E-state index in [1.807, 2.05) is 0 Å². The highest BCUT2D eigenvalue weighted by molar-refractivity contribution is 4.73. The molecule has 0 atom stereocenters. The summed E-state index contributed by atoms with van der Waals surface area (Å²) in [4.78, 5) is 2.51. The van der Waals surface area contributed by atoms with E-state index in [0.717, 1.165) is 32.8 Å². The Bertz CT molecular complexity index is 212. The van der Waals surface area contributed by atoms with E-state index < -0.39 is 0 Å². The average Bonchev–Trinajstić information content (AvgIpc) is 2.42. The van der Waals surface area contributed by atoms with E-state index in [4.69, 9.17) is 9.47 Å². The third-order valence-corrected chi connectivity index (χ3v) is 3.98. The van der Waals surface area contributed by atoms with Crippen LogP contribution >= 0.6 is 0 Å². The third-order valence-electron chi connectivity index (χ3n) is 3.98. The van der Waals surface area contributed by atoms with Gasteiger partial charge in [-0.1, -0.05) is 0 Å². The van der Waals surface area contributed by atoms with Crippen molar-refractivity contribution in [1.82, 2.24) is 10.2 Å². The summed E-state index contributed by atoms with van der Waals surface area (Å²) in [7, 11) is 0. The van der Waals surface area contributed by atoms with Gasteiger partial charge < -0.3 is 19.7 Å². The molecule has 0 aromatic carbocycles. The molecule has 18 heavy (non-hydrogen) atoms. The number of nitrogens with zero attached hydrogens (tertiary/aromatic N) is 1. The molecule has 0 spiro atoms. The quantitative estimate of drug-likeness (QED) is 0.775. The van der Waals surface area contributed by atoms with Crippen LogP contribution in [0.15, 0.2) is 0 Å². The lowest BCUT2D eigenvalue weighted by Crippen LogP contribution is -2.40. The maximum absolute atomic E-state index is 5.95. The van der Waals surface area contributed by atoms with Gasteiger partial charge in [0, 0.05) is 26.2 Å². The number of piperidine rings is 2. The summed E-state index contributed by atoms with van der Waals surface area (Å²) in [6.45, 7) is 9.48. The molecule has 0 unspecified atom stereocenters. The van der Waals surface area contributed by atoms with Crippen molar-refractivity contribution < 1.29 is 9.47 Å². The Labute approximate surface area is 111 Å². The van der Waals surface area contributed by atoms with Gasteiger partial charge in [0.2, 0.25) is 0 Å². The maximum Gasteiger partial charge on any atom is 0.0600 e. The number of hydrogen-bond donors (Lipinski definition) is 1. The maximum atomic E-state index is 5.95. The predicted octanol–water partition coefficient (Wildman–Crippen LogP) is 1.26. The van der Waals surface area contributed by atoms with E-state index >= 15 is 0 Å². The highest BCUT2D eigenvalue weighted by atomic mass is 16.5. The number of nitrogens with one attached hydrogen (secondary N) is 1. The van der Waals surface area contributed by atoms with Gasteiger partial charge in [0.05, 0.1) is 18.8 Å². The monoisotopic (exact) mass is 256 g/mol. The first-order chi connectivity index (χ1) is 8.88. The Morgan fingerprint density at radius 1 is 1.00 bits per heavy atom. The Morgan fingerprint density at radius 3 is 2.33 bits per heavy atom. The predicted molar refractivity (Wildman–Crippen MR) is 72.9 cm³/mol. The van der Waals surface area contributed by atoms with Gasteiger partial charge in [0.25, 0.3) is 0 Å². The highest BCUT2D eigenvalue weighted by Gasteiger charge is 2.19. The largest absolute Gasteiger partial charge is 0.378 e. The number of ether oxygens (including phenoxy) is 2. The molecule has 4 nitrogen and oxygen atoms in total. The van der Waals surface area contributed by atoms with Crippen LogP contribution in [0.3, 0.4) is 0 Å². The number of rotatable bonds is 6. The van der Waals surface area contributed by atoms with Gasteiger partial charge in [-0.3, -0.25) is 0 Å². The van der Waals surface area contributed by atoms with Crippen LogP contribution in [0.25, 0.3) is 0 Å². The van der Waals surface area contributed by atoms with Crippen molar-refractivity contribution in [2.24, 2.45) is 0 Å². The van der Waals surface area contributed by atoms with Gasteiger partial charge in [-0.2, -0.15) is 0 Å². The summed E-state index contributed by atoms with van der Waals surface area (Å²) in [6.07, 6.45) is 5.70. The molecule has 1 N–H and O–H groups in total. The molecule has 2 aliphatic heterocycles. The lowest BCUT2D eigenvalue weighted by molar-refractivity contribution is -0.00834. The lowest BCUT2D eigenvalue weighted by atomic mass is 10.1. The first-order valence-corrected chi connectivity index (χ1v) is 7.54. The van der Waals surface area contributed by atoms with Gasteiger partial charge in [-0.25, -0.2) is 0 Å². The van der Waals surface area contributed by atoms with Crippen LogP contribution in [-0.4, -0.2) is 63.0 Å². The fourth-order valence-corrected chi connectivity index (χ4v) is 2.85. The summed E-state index contributed by atoms with van der Waals surface area (Å²) < 4.78 is 11.6. The van der Waals surface area contributed by atoms with Gasteiger partial charge in [0.1, 0.15) is 0 Å². The first kappa shape index (κ1) is 14.3. The van der Waals surface area contributed by atoms with Crippen LogP contribution < -0.4 is 5.32 Å². The van der Waals surface area contributed by atoms with Crippen LogP contribution in [0.5, 0.6) is 0 Å². The summed E-state index contributed by atoms with van der Waals surface area (Å²) in [5.41, 5.74) is 0. The second-order valence-corrected chi connectivity index (χ2v) is 5.32. The smallest absolute Gasteiger partial charge is 0.0600 e. The minimum absolute atomic E-state index is 0.493. The van der Waals surface area contributed by atoms with Crippen LogP contribution in [0.1, 0.15) is 32.6 Å². The Morgan fingerprint density at radius 2 is 1.67 bits per heavy atom. The van der Waals surface area contributed by atoms with E-state index in [9.17, 15) is 0 Å². The third kappa shape index (κ3) is 4.84. The van der Waals surface area contributed by atoms with Crippen molar-refractivity contribution in [3.05, 3.63) is 0 Å². The van der Waals surface area contributed by atoms with E-state index in [-0.39, 0.29) is 0 Å². The molecule has 2 aliphatic rings. The average molecular weight is 256 g/mol. The SMILES string of the molecule is CCOC1CCN(CCOC2CCNCC2)CC1. The summed E-state index contributed by atoms with van der Waals surface area (Å²) in [5, 5.41) is 3.37. The molecular formula is C14H28N2O2. The van der Waals surface area contributed by atoms with Gasteiger partial charge in [0.15, 0.2) is 0 Å². The fourth-order valence-electron chi connectivity index (χ4n) is 2.85. The topological polar surface area (TPSA) is 33.7 Å². The van der Waals surface area contributed by atoms with Crippen LogP contribution in [-0.2, 0) is 9.47 Å². The van der Waals surface area contributed by atoms with Gasteiger partial charge in [-0.05, 0) is 45.7 Å². The summed E-state index contributed by atoms with van der Waals surface area (Å²) >= 11 is 0. The highest BCUT2D eigenvalue weighted by Crippen LogP contribution is 2.13. The Balaban J connectivity index is 1.52. The van der Waals surface area contributed by atoms with E-state index in [2.05, 4.69) is 17.1 Å². The molecule has 0 aromatic heterocycles. The normalized spacial score (nSPS) is 24.5. The van der Waals surface area contributed by atoms with E-state index in [0.29, 0.717) is 12.2 Å². The molecule has 0 aromatic rings. The fraction of sp³-hybridized carbons (Fsp3) is 1.00. The number of likely N-dealkylation sites (tertiary alicyclic amines) is 1. The summed E-state index contributed by atoms with van der Waals surface area (Å²) in [6, 6.07) is 0. The molecule has 106 valence electrons. The second kappa shape index (κ2) is 8.10. The summed E-state index contributed by atoms with van der Waals surface area (Å²) in [5.74, 6) is 0. The lowest BCUT2D eigenvalue weighted by Gasteiger charge is -2.32. The van der Waals surface area contributed by atoms with Crippen molar-refractivity contribution in [3.63, 3.8) is 0 Å². The molecule has 2 heterocycles. The molecular weight excluding hydrogens is 228 g/mol. The molecule has 2 rings (SSSR count).